The van der Waals surface area contributed by atoms with E-state index in [0.29, 0.717) is 17.6 Å². The zero-order valence-electron chi connectivity index (χ0n) is 19.4. The van der Waals surface area contributed by atoms with E-state index in [1.807, 2.05) is 0 Å². The van der Waals surface area contributed by atoms with Gasteiger partial charge in [0.25, 0.3) is 0 Å². The molecule has 160 valence electrons. The van der Waals surface area contributed by atoms with Gasteiger partial charge in [-0.1, -0.05) is 71.9 Å². The molecule has 1 aromatic rings. The number of allylic oxidation sites excluding steroid dienone is 1. The summed E-state index contributed by atoms with van der Waals surface area (Å²) < 4.78 is 0. The Bertz CT molecular complexity index is 976. The Labute approximate surface area is 181 Å². The van der Waals surface area contributed by atoms with Crippen molar-refractivity contribution >= 4 is 17.9 Å². The van der Waals surface area contributed by atoms with Crippen molar-refractivity contribution in [3.63, 3.8) is 0 Å². The second-order valence-electron chi connectivity index (χ2n) is 12.0. The van der Waals surface area contributed by atoms with Crippen LogP contribution in [0.5, 0.6) is 0 Å². The molecule has 4 bridgehead atoms. The third-order valence-electron chi connectivity index (χ3n) is 10.6. The van der Waals surface area contributed by atoms with Crippen LogP contribution in [-0.2, 0) is 4.79 Å². The molecular formula is C28H36O2. The quantitative estimate of drug-likeness (QED) is 0.588. The predicted octanol–water partition coefficient (Wildman–Crippen LogP) is 6.30. The number of aliphatic hydroxyl groups is 1. The molecule has 4 aliphatic carbocycles. The number of rotatable bonds is 2. The van der Waals surface area contributed by atoms with Crippen molar-refractivity contribution in [1.82, 2.24) is 0 Å². The molecule has 0 spiro atoms. The van der Waals surface area contributed by atoms with Gasteiger partial charge in [0.05, 0.1) is 6.10 Å². The lowest BCUT2D eigenvalue weighted by molar-refractivity contribution is -0.125. The lowest BCUT2D eigenvalue weighted by Gasteiger charge is -2.36. The predicted molar refractivity (Wildman–Crippen MR) is 123 cm³/mol. The smallest absolute Gasteiger partial charge is 0.165 e. The van der Waals surface area contributed by atoms with Crippen LogP contribution in [0.1, 0.15) is 78.4 Å². The fraction of sp³-hybridized carbons (Fsp3) is 0.607. The Morgan fingerprint density at radius 1 is 0.833 bits per heavy atom. The Morgan fingerprint density at radius 3 is 1.90 bits per heavy atom. The first-order valence-electron chi connectivity index (χ1n) is 11.7. The number of ketones is 1. The molecule has 4 saturated carbocycles. The summed E-state index contributed by atoms with van der Waals surface area (Å²) in [5.41, 5.74) is 4.47. The molecule has 0 saturated heterocycles. The molecule has 2 nitrogen and oxygen atoms in total. The minimum Gasteiger partial charge on any atom is -0.388 e. The Hall–Kier alpha value is -1.67. The lowest BCUT2D eigenvalue weighted by Crippen LogP contribution is -2.35. The van der Waals surface area contributed by atoms with E-state index in [2.05, 4.69) is 78.0 Å². The minimum atomic E-state index is -0.345. The normalized spacial score (nSPS) is 43.3. The van der Waals surface area contributed by atoms with Gasteiger partial charge in [-0.05, 0) is 76.7 Å². The molecule has 5 atom stereocenters. The summed E-state index contributed by atoms with van der Waals surface area (Å²) in [4.78, 5) is 13.1. The molecule has 4 fully saturated rings. The zero-order chi connectivity index (χ0) is 21.7. The third-order valence-corrected chi connectivity index (χ3v) is 10.6. The van der Waals surface area contributed by atoms with Gasteiger partial charge in [0.15, 0.2) is 5.78 Å². The maximum absolute atomic E-state index is 13.1. The topological polar surface area (TPSA) is 37.3 Å². The van der Waals surface area contributed by atoms with Gasteiger partial charge in [-0.3, -0.25) is 4.79 Å². The van der Waals surface area contributed by atoms with E-state index < -0.39 is 0 Å². The zero-order valence-corrected chi connectivity index (χ0v) is 19.4. The van der Waals surface area contributed by atoms with E-state index in [1.165, 1.54) is 12.0 Å². The summed E-state index contributed by atoms with van der Waals surface area (Å²) >= 11 is 0. The molecule has 30 heavy (non-hydrogen) atoms. The molecule has 2 heteroatoms. The Kier molecular flexibility index (Phi) is 4.03. The maximum Gasteiger partial charge on any atom is 0.165 e. The number of carbonyl (C=O) groups is 1. The SMILES string of the molecule is CC12CCC(C(=Cc3ccc(C=C4C5CCC(C)(C4O)C5(C)C)cc3)C1=O)C2(C)C. The van der Waals surface area contributed by atoms with Crippen molar-refractivity contribution in [1.29, 1.82) is 0 Å². The van der Waals surface area contributed by atoms with Crippen LogP contribution in [0.25, 0.3) is 12.2 Å². The second-order valence-corrected chi connectivity index (χ2v) is 12.0. The summed E-state index contributed by atoms with van der Waals surface area (Å²) in [7, 11) is 0. The first-order chi connectivity index (χ1) is 13.9. The average molecular weight is 405 g/mol. The number of fused-ring (bicyclic) bond motifs is 4. The lowest BCUT2D eigenvalue weighted by atomic mass is 9.70. The molecule has 0 radical (unpaired) electrons. The van der Waals surface area contributed by atoms with Gasteiger partial charge in [-0.15, -0.1) is 0 Å². The Morgan fingerprint density at radius 2 is 1.40 bits per heavy atom. The van der Waals surface area contributed by atoms with Gasteiger partial charge in [-0.2, -0.15) is 0 Å². The van der Waals surface area contributed by atoms with E-state index in [0.717, 1.165) is 36.0 Å². The van der Waals surface area contributed by atoms with Crippen molar-refractivity contribution < 1.29 is 9.90 Å². The van der Waals surface area contributed by atoms with Crippen LogP contribution < -0.4 is 0 Å². The first-order valence-corrected chi connectivity index (χ1v) is 11.7. The molecule has 4 aliphatic rings. The van der Waals surface area contributed by atoms with Gasteiger partial charge in [-0.25, -0.2) is 0 Å². The molecular weight excluding hydrogens is 368 g/mol. The first kappa shape index (κ1) is 20.2. The number of Topliss-reactive ketones (excluding diaryl/α,β-unsaturated/α-hetero) is 1. The van der Waals surface area contributed by atoms with E-state index in [-0.39, 0.29) is 27.8 Å². The number of hydrogen-bond acceptors (Lipinski definition) is 2. The van der Waals surface area contributed by atoms with Gasteiger partial charge in [0.2, 0.25) is 0 Å². The molecule has 0 aromatic heterocycles. The summed E-state index contributed by atoms with van der Waals surface area (Å²) in [6.07, 6.45) is 8.43. The summed E-state index contributed by atoms with van der Waals surface area (Å²) in [6.45, 7) is 13.6. The van der Waals surface area contributed by atoms with Crippen LogP contribution >= 0.6 is 0 Å². The van der Waals surface area contributed by atoms with Crippen molar-refractivity contribution in [2.45, 2.75) is 73.3 Å². The number of hydrogen-bond donors (Lipinski definition) is 1. The van der Waals surface area contributed by atoms with Gasteiger partial charge in [0.1, 0.15) is 0 Å². The van der Waals surface area contributed by atoms with Gasteiger partial charge in [0, 0.05) is 10.8 Å². The molecule has 0 amide bonds. The second kappa shape index (κ2) is 5.97. The fourth-order valence-electron chi connectivity index (χ4n) is 7.49. The molecule has 0 aliphatic heterocycles. The number of benzene rings is 1. The molecule has 5 rings (SSSR count). The summed E-state index contributed by atoms with van der Waals surface area (Å²) in [5.74, 6) is 1.20. The van der Waals surface area contributed by atoms with Crippen molar-refractivity contribution in [2.24, 2.45) is 33.5 Å². The number of aliphatic hydroxyl groups excluding tert-OH is 1. The highest BCUT2D eigenvalue weighted by Gasteiger charge is 2.64. The van der Waals surface area contributed by atoms with Crippen molar-refractivity contribution in [2.75, 3.05) is 0 Å². The minimum absolute atomic E-state index is 0.0150. The van der Waals surface area contributed by atoms with Crippen LogP contribution in [0.2, 0.25) is 0 Å². The fourth-order valence-corrected chi connectivity index (χ4v) is 7.49. The highest BCUT2D eigenvalue weighted by atomic mass is 16.3. The highest BCUT2D eigenvalue weighted by Crippen LogP contribution is 2.68. The van der Waals surface area contributed by atoms with Gasteiger partial charge >= 0.3 is 0 Å². The van der Waals surface area contributed by atoms with E-state index in [4.69, 9.17) is 0 Å². The van der Waals surface area contributed by atoms with Crippen LogP contribution in [0.4, 0.5) is 0 Å². The standard InChI is InChI=1S/C28H36O2/c1-25(2)21-11-13-27(25,5)23(29)19(21)15-17-7-9-18(10-8-17)16-20-22-12-14-28(6,24(20)30)26(22,3)4/h7-10,15-16,21-23,29H,11-14H2,1-6H3. The van der Waals surface area contributed by atoms with Crippen molar-refractivity contribution in [3.05, 3.63) is 46.5 Å². The molecule has 0 heterocycles. The maximum atomic E-state index is 13.1. The largest absolute Gasteiger partial charge is 0.388 e. The van der Waals surface area contributed by atoms with Crippen LogP contribution in [-0.4, -0.2) is 17.0 Å². The molecule has 1 aromatic carbocycles. The molecule has 1 N–H and O–H groups in total. The van der Waals surface area contributed by atoms with E-state index >= 15 is 0 Å². The van der Waals surface area contributed by atoms with Gasteiger partial charge < -0.3 is 5.11 Å². The van der Waals surface area contributed by atoms with Crippen LogP contribution in [0, 0.1) is 33.5 Å². The summed E-state index contributed by atoms with van der Waals surface area (Å²) in [5, 5.41) is 11.0. The van der Waals surface area contributed by atoms with Crippen molar-refractivity contribution in [3.8, 4) is 0 Å². The summed E-state index contributed by atoms with van der Waals surface area (Å²) in [6, 6.07) is 8.52. The van der Waals surface area contributed by atoms with Crippen LogP contribution in [0.3, 0.4) is 0 Å². The van der Waals surface area contributed by atoms with E-state index in [9.17, 15) is 9.90 Å². The Balaban J connectivity index is 1.43. The third kappa shape index (κ3) is 2.27. The van der Waals surface area contributed by atoms with E-state index in [1.54, 1.807) is 0 Å². The average Bonchev–Trinajstić information content (AvgIpc) is 3.17. The number of carbonyl (C=O) groups excluding carboxylic acids is 1. The molecule has 5 unspecified atom stereocenters. The highest BCUT2D eigenvalue weighted by molar-refractivity contribution is 6.07. The van der Waals surface area contributed by atoms with Crippen LogP contribution in [0.15, 0.2) is 35.4 Å². The monoisotopic (exact) mass is 404 g/mol.